The van der Waals surface area contributed by atoms with Gasteiger partial charge in [-0.25, -0.2) is 4.79 Å². The van der Waals surface area contributed by atoms with Gasteiger partial charge in [-0.2, -0.15) is 0 Å². The minimum Gasteiger partial charge on any atom is -0.459 e. The van der Waals surface area contributed by atoms with E-state index in [1.807, 2.05) is 0 Å². The number of ether oxygens (including phenoxy) is 1. The van der Waals surface area contributed by atoms with Crippen molar-refractivity contribution in [3.05, 3.63) is 33.8 Å². The lowest BCUT2D eigenvalue weighted by Crippen LogP contribution is -2.47. The fraction of sp³-hybridized carbons (Fsp3) is 0.385. The van der Waals surface area contributed by atoms with Crippen LogP contribution in [0.25, 0.3) is 0 Å². The number of rotatable bonds is 3. The molecule has 19 heavy (non-hydrogen) atoms. The number of benzene rings is 1. The number of hydrogen-bond donors (Lipinski definition) is 1. The smallest absolute Gasteiger partial charge is 0.338 e. The van der Waals surface area contributed by atoms with Crippen LogP contribution < -0.4 is 5.32 Å². The summed E-state index contributed by atoms with van der Waals surface area (Å²) in [5.41, 5.74) is 0.373. The first-order valence-electron chi connectivity index (χ1n) is 5.89. The number of hydrogen-bond acceptors (Lipinski definition) is 3. The van der Waals surface area contributed by atoms with E-state index >= 15 is 0 Å². The fourth-order valence-electron chi connectivity index (χ4n) is 1.91. The number of esters is 1. The van der Waals surface area contributed by atoms with Gasteiger partial charge in [-0.3, -0.25) is 4.79 Å². The van der Waals surface area contributed by atoms with Crippen molar-refractivity contribution >= 4 is 35.1 Å². The maximum absolute atomic E-state index is 11.8. The molecule has 0 spiro atoms. The Morgan fingerprint density at radius 2 is 1.95 bits per heavy atom. The van der Waals surface area contributed by atoms with Crippen molar-refractivity contribution in [2.75, 3.05) is 0 Å². The molecule has 0 heterocycles. The molecule has 1 fully saturated rings. The predicted octanol–water partition coefficient (Wildman–Crippen LogP) is 2.82. The molecule has 1 aromatic carbocycles. The first kappa shape index (κ1) is 14.2. The molecule has 0 aromatic heterocycles. The van der Waals surface area contributed by atoms with Crippen LogP contribution in [0.4, 0.5) is 0 Å². The van der Waals surface area contributed by atoms with E-state index in [-0.39, 0.29) is 18.1 Å². The van der Waals surface area contributed by atoms with E-state index in [0.29, 0.717) is 28.5 Å². The van der Waals surface area contributed by atoms with Crippen molar-refractivity contribution < 1.29 is 14.3 Å². The molecule has 0 saturated heterocycles. The van der Waals surface area contributed by atoms with Gasteiger partial charge < -0.3 is 10.1 Å². The summed E-state index contributed by atoms with van der Waals surface area (Å²) in [6, 6.07) is 4.71. The zero-order chi connectivity index (χ0) is 14.0. The largest absolute Gasteiger partial charge is 0.459 e. The maximum atomic E-state index is 11.8. The van der Waals surface area contributed by atoms with Crippen molar-refractivity contribution in [1.29, 1.82) is 0 Å². The zero-order valence-electron chi connectivity index (χ0n) is 10.3. The lowest BCUT2D eigenvalue weighted by atomic mass is 9.89. The van der Waals surface area contributed by atoms with Crippen LogP contribution in [0.1, 0.15) is 30.1 Å². The highest BCUT2D eigenvalue weighted by atomic mass is 35.5. The second-order valence-electron chi connectivity index (χ2n) is 4.53. The van der Waals surface area contributed by atoms with E-state index < -0.39 is 5.97 Å². The summed E-state index contributed by atoms with van der Waals surface area (Å²) in [6.45, 7) is 1.47. The lowest BCUT2D eigenvalue weighted by Gasteiger charge is -2.34. The molecule has 0 radical (unpaired) electrons. The van der Waals surface area contributed by atoms with Gasteiger partial charge in [0, 0.05) is 25.8 Å². The molecule has 1 aliphatic rings. The van der Waals surface area contributed by atoms with Crippen molar-refractivity contribution in [1.82, 2.24) is 5.32 Å². The topological polar surface area (TPSA) is 55.4 Å². The van der Waals surface area contributed by atoms with Gasteiger partial charge in [0.1, 0.15) is 6.10 Å². The van der Waals surface area contributed by atoms with E-state index in [9.17, 15) is 9.59 Å². The summed E-state index contributed by atoms with van der Waals surface area (Å²) in [7, 11) is 0. The number of halogens is 2. The summed E-state index contributed by atoms with van der Waals surface area (Å²) in [5.74, 6) is -0.496. The Hall–Kier alpha value is -1.26. The Balaban J connectivity index is 1.86. The standard InChI is InChI=1S/C13H13Cl2NO3/c1-7(17)16-9-5-10(6-9)19-13(18)8-2-3-11(14)12(15)4-8/h2-4,9-10H,5-6H2,1H3,(H,16,17). The van der Waals surface area contributed by atoms with Gasteiger partial charge in [0.05, 0.1) is 15.6 Å². The monoisotopic (exact) mass is 301 g/mol. The molecule has 1 aromatic rings. The summed E-state index contributed by atoms with van der Waals surface area (Å²) in [5, 5.41) is 3.49. The zero-order valence-corrected chi connectivity index (χ0v) is 11.8. The molecule has 0 atom stereocenters. The van der Waals surface area contributed by atoms with Gasteiger partial charge in [0.2, 0.25) is 5.91 Å². The van der Waals surface area contributed by atoms with Crippen molar-refractivity contribution in [3.8, 4) is 0 Å². The summed E-state index contributed by atoms with van der Waals surface area (Å²) in [6.07, 6.45) is 1.14. The Bertz CT molecular complexity index is 513. The lowest BCUT2D eigenvalue weighted by molar-refractivity contribution is -0.121. The molecule has 1 saturated carbocycles. The van der Waals surface area contributed by atoms with Crippen LogP contribution in [0.15, 0.2) is 18.2 Å². The second-order valence-corrected chi connectivity index (χ2v) is 5.34. The first-order chi connectivity index (χ1) is 8.95. The van der Waals surface area contributed by atoms with E-state index in [0.717, 1.165) is 0 Å². The molecule has 0 bridgehead atoms. The molecule has 2 rings (SSSR count). The third-order valence-electron chi connectivity index (χ3n) is 2.93. The van der Waals surface area contributed by atoms with Gasteiger partial charge in [-0.05, 0) is 18.2 Å². The van der Waals surface area contributed by atoms with Crippen LogP contribution in [0.2, 0.25) is 10.0 Å². The van der Waals surface area contributed by atoms with Crippen molar-refractivity contribution in [2.24, 2.45) is 0 Å². The van der Waals surface area contributed by atoms with E-state index in [4.69, 9.17) is 27.9 Å². The molecule has 6 heteroatoms. The fourth-order valence-corrected chi connectivity index (χ4v) is 2.21. The van der Waals surface area contributed by atoms with Crippen LogP contribution >= 0.6 is 23.2 Å². The van der Waals surface area contributed by atoms with Gasteiger partial charge in [-0.1, -0.05) is 23.2 Å². The van der Waals surface area contributed by atoms with Crippen molar-refractivity contribution in [2.45, 2.75) is 31.9 Å². The van der Waals surface area contributed by atoms with Crippen LogP contribution in [0, 0.1) is 0 Å². The molecular formula is C13H13Cl2NO3. The molecule has 4 nitrogen and oxygen atoms in total. The van der Waals surface area contributed by atoms with E-state index in [1.165, 1.54) is 13.0 Å². The van der Waals surface area contributed by atoms with E-state index in [1.54, 1.807) is 12.1 Å². The SMILES string of the molecule is CC(=O)NC1CC(OC(=O)c2ccc(Cl)c(Cl)c2)C1. The molecule has 1 amide bonds. The Labute approximate surface area is 121 Å². The van der Waals surface area contributed by atoms with Crippen LogP contribution in [0.3, 0.4) is 0 Å². The first-order valence-corrected chi connectivity index (χ1v) is 6.64. The maximum Gasteiger partial charge on any atom is 0.338 e. The van der Waals surface area contributed by atoms with Gasteiger partial charge in [-0.15, -0.1) is 0 Å². The predicted molar refractivity (Wildman–Crippen MR) is 72.5 cm³/mol. The second kappa shape index (κ2) is 5.80. The third kappa shape index (κ3) is 3.61. The highest BCUT2D eigenvalue weighted by molar-refractivity contribution is 6.42. The molecule has 0 unspecified atom stereocenters. The number of carbonyl (C=O) groups is 2. The van der Waals surface area contributed by atoms with Crippen LogP contribution in [-0.4, -0.2) is 24.0 Å². The summed E-state index contributed by atoms with van der Waals surface area (Å²) in [4.78, 5) is 22.6. The summed E-state index contributed by atoms with van der Waals surface area (Å²) >= 11 is 11.6. The van der Waals surface area contributed by atoms with Crippen molar-refractivity contribution in [3.63, 3.8) is 0 Å². The molecule has 102 valence electrons. The van der Waals surface area contributed by atoms with E-state index in [2.05, 4.69) is 5.32 Å². The quantitative estimate of drug-likeness (QED) is 0.874. The highest BCUT2D eigenvalue weighted by Gasteiger charge is 2.32. The third-order valence-corrected chi connectivity index (χ3v) is 3.67. The van der Waals surface area contributed by atoms with Gasteiger partial charge in [0.25, 0.3) is 0 Å². The number of nitrogens with one attached hydrogen (secondary N) is 1. The molecule has 1 N–H and O–H groups in total. The normalized spacial score (nSPS) is 21.4. The Morgan fingerprint density at radius 1 is 1.26 bits per heavy atom. The molecule has 0 aliphatic heterocycles. The van der Waals surface area contributed by atoms with Gasteiger partial charge in [0.15, 0.2) is 0 Å². The Kier molecular flexibility index (Phi) is 4.32. The average Bonchev–Trinajstić information content (AvgIpc) is 2.29. The highest BCUT2D eigenvalue weighted by Crippen LogP contribution is 2.26. The van der Waals surface area contributed by atoms with Crippen LogP contribution in [-0.2, 0) is 9.53 Å². The number of carbonyl (C=O) groups excluding carboxylic acids is 2. The minimum atomic E-state index is -0.426. The molecule has 1 aliphatic carbocycles. The minimum absolute atomic E-state index is 0.0701. The average molecular weight is 302 g/mol. The summed E-state index contributed by atoms with van der Waals surface area (Å²) < 4.78 is 5.29. The van der Waals surface area contributed by atoms with Gasteiger partial charge >= 0.3 is 5.97 Å². The Morgan fingerprint density at radius 3 is 2.53 bits per heavy atom. The van der Waals surface area contributed by atoms with Crippen LogP contribution in [0.5, 0.6) is 0 Å². The number of amides is 1. The molecular weight excluding hydrogens is 289 g/mol.